The van der Waals surface area contributed by atoms with Crippen molar-refractivity contribution >= 4 is 12.0 Å². The number of hydrogen-bond acceptors (Lipinski definition) is 6. The third-order valence-corrected chi connectivity index (χ3v) is 5.98. The van der Waals surface area contributed by atoms with Gasteiger partial charge in [-0.1, -0.05) is 18.2 Å². The van der Waals surface area contributed by atoms with Crippen LogP contribution < -0.4 is 15.2 Å². The second kappa shape index (κ2) is 11.3. The number of carbonyl (C=O) groups is 2. The number of aromatic nitrogens is 1. The Kier molecular flexibility index (Phi) is 7.96. The van der Waals surface area contributed by atoms with Crippen LogP contribution in [-0.4, -0.2) is 40.6 Å². The largest absolute Gasteiger partial charge is 0.457 e. The van der Waals surface area contributed by atoms with Gasteiger partial charge in [0, 0.05) is 19.3 Å². The summed E-state index contributed by atoms with van der Waals surface area (Å²) in [4.78, 5) is 30.6. The highest BCUT2D eigenvalue weighted by atomic mass is 16.6. The quantitative estimate of drug-likeness (QED) is 0.427. The zero-order valence-electron chi connectivity index (χ0n) is 21.5. The SMILES string of the molecule is CC(C)(C)OC(=O)N1CCC(Cc2cnc(Oc3ccc(Oc4ccccc4)cc3)c(C(N)=O)c2)CC1. The van der Waals surface area contributed by atoms with Gasteiger partial charge >= 0.3 is 6.09 Å². The smallest absolute Gasteiger partial charge is 0.410 e. The Morgan fingerprint density at radius 2 is 1.54 bits per heavy atom. The Balaban J connectivity index is 1.36. The fourth-order valence-electron chi connectivity index (χ4n) is 4.16. The number of primary amides is 1. The van der Waals surface area contributed by atoms with Crippen LogP contribution in [-0.2, 0) is 11.2 Å². The van der Waals surface area contributed by atoms with E-state index in [1.807, 2.05) is 51.1 Å². The molecule has 8 nitrogen and oxygen atoms in total. The third-order valence-electron chi connectivity index (χ3n) is 5.98. The Bertz CT molecular complexity index is 1210. The summed E-state index contributed by atoms with van der Waals surface area (Å²) >= 11 is 0. The molecule has 194 valence electrons. The molecule has 2 N–H and O–H groups in total. The van der Waals surface area contributed by atoms with Gasteiger partial charge in [-0.3, -0.25) is 4.79 Å². The lowest BCUT2D eigenvalue weighted by Crippen LogP contribution is -2.42. The van der Waals surface area contributed by atoms with Crippen molar-refractivity contribution in [2.45, 2.75) is 45.6 Å². The van der Waals surface area contributed by atoms with E-state index in [4.69, 9.17) is 19.9 Å². The predicted molar refractivity (Wildman–Crippen MR) is 140 cm³/mol. The van der Waals surface area contributed by atoms with Gasteiger partial charge in [-0.25, -0.2) is 9.78 Å². The molecule has 0 aliphatic carbocycles. The summed E-state index contributed by atoms with van der Waals surface area (Å²) in [7, 11) is 0. The number of ether oxygens (including phenoxy) is 3. The molecule has 3 aromatic rings. The maximum Gasteiger partial charge on any atom is 0.410 e. The molecule has 1 aliphatic rings. The van der Waals surface area contributed by atoms with Crippen LogP contribution in [0.3, 0.4) is 0 Å². The van der Waals surface area contributed by atoms with Crippen LogP contribution in [0.4, 0.5) is 4.79 Å². The Morgan fingerprint density at radius 1 is 0.946 bits per heavy atom. The van der Waals surface area contributed by atoms with Crippen molar-refractivity contribution in [2.75, 3.05) is 13.1 Å². The molecule has 2 aromatic carbocycles. The molecule has 0 unspecified atom stereocenters. The first-order valence-corrected chi connectivity index (χ1v) is 12.4. The highest BCUT2D eigenvalue weighted by molar-refractivity contribution is 5.95. The molecule has 4 rings (SSSR count). The first kappa shape index (κ1) is 26.0. The van der Waals surface area contributed by atoms with Gasteiger partial charge in [-0.2, -0.15) is 0 Å². The summed E-state index contributed by atoms with van der Waals surface area (Å²) < 4.78 is 17.1. The number of piperidine rings is 1. The monoisotopic (exact) mass is 503 g/mol. The maximum absolute atomic E-state index is 12.3. The van der Waals surface area contributed by atoms with Crippen LogP contribution in [0.5, 0.6) is 23.1 Å². The fraction of sp³-hybridized carbons (Fsp3) is 0.345. The second-order valence-corrected chi connectivity index (χ2v) is 10.2. The molecule has 2 amide bonds. The van der Waals surface area contributed by atoms with Crippen LogP contribution >= 0.6 is 0 Å². The van der Waals surface area contributed by atoms with Gasteiger partial charge in [0.05, 0.1) is 0 Å². The summed E-state index contributed by atoms with van der Waals surface area (Å²) in [5.41, 5.74) is 6.27. The van der Waals surface area contributed by atoms with Gasteiger partial charge in [0.1, 0.15) is 28.4 Å². The van der Waals surface area contributed by atoms with E-state index in [1.54, 1.807) is 41.4 Å². The molecule has 1 saturated heterocycles. The van der Waals surface area contributed by atoms with Crippen LogP contribution in [0.15, 0.2) is 66.9 Å². The zero-order valence-corrected chi connectivity index (χ0v) is 21.5. The number of likely N-dealkylation sites (tertiary alicyclic amines) is 1. The van der Waals surface area contributed by atoms with Crippen molar-refractivity contribution in [3.63, 3.8) is 0 Å². The molecule has 1 aliphatic heterocycles. The van der Waals surface area contributed by atoms with Crippen LogP contribution in [0, 0.1) is 5.92 Å². The molecule has 1 fully saturated rings. The van der Waals surface area contributed by atoms with E-state index in [1.165, 1.54) is 0 Å². The number of pyridine rings is 1. The number of amides is 2. The zero-order chi connectivity index (χ0) is 26.4. The number of rotatable bonds is 7. The average molecular weight is 504 g/mol. The van der Waals surface area contributed by atoms with Gasteiger partial charge < -0.3 is 24.8 Å². The standard InChI is InChI=1S/C29H33N3O5/c1-29(2,3)37-28(34)32-15-13-20(14-16-32)17-21-18-25(26(30)33)27(31-19-21)36-24-11-9-23(10-12-24)35-22-7-5-4-6-8-22/h4-12,18-20H,13-17H2,1-3H3,(H2,30,33). The summed E-state index contributed by atoms with van der Waals surface area (Å²) in [6, 6.07) is 18.3. The molecule has 0 saturated carbocycles. The third kappa shape index (κ3) is 7.46. The molecule has 1 aromatic heterocycles. The minimum atomic E-state index is -0.604. The highest BCUT2D eigenvalue weighted by Gasteiger charge is 2.27. The van der Waals surface area contributed by atoms with Gasteiger partial charge in [0.25, 0.3) is 5.91 Å². The number of nitrogens with two attached hydrogens (primary N) is 1. The van der Waals surface area contributed by atoms with E-state index in [-0.39, 0.29) is 17.5 Å². The van der Waals surface area contributed by atoms with Crippen LogP contribution in [0.2, 0.25) is 0 Å². The van der Waals surface area contributed by atoms with Crippen molar-refractivity contribution in [1.82, 2.24) is 9.88 Å². The van der Waals surface area contributed by atoms with Gasteiger partial charge in [0.2, 0.25) is 5.88 Å². The van der Waals surface area contributed by atoms with Crippen molar-refractivity contribution in [2.24, 2.45) is 11.7 Å². The van der Waals surface area contributed by atoms with E-state index in [9.17, 15) is 9.59 Å². The molecule has 2 heterocycles. The molecule has 0 radical (unpaired) electrons. The van der Waals surface area contributed by atoms with Gasteiger partial charge in [0.15, 0.2) is 0 Å². The lowest BCUT2D eigenvalue weighted by molar-refractivity contribution is 0.0184. The first-order chi connectivity index (χ1) is 17.7. The van der Waals surface area contributed by atoms with E-state index in [0.29, 0.717) is 30.5 Å². The molecule has 0 bridgehead atoms. The number of benzene rings is 2. The van der Waals surface area contributed by atoms with E-state index in [0.717, 1.165) is 30.6 Å². The Labute approximate surface area is 217 Å². The fourth-order valence-corrected chi connectivity index (χ4v) is 4.16. The van der Waals surface area contributed by atoms with E-state index >= 15 is 0 Å². The number of hydrogen-bond donors (Lipinski definition) is 1. The summed E-state index contributed by atoms with van der Waals surface area (Å²) in [5.74, 6) is 1.83. The molecular weight excluding hydrogens is 470 g/mol. The predicted octanol–water partition coefficient (Wildman–Crippen LogP) is 5.95. The minimum absolute atomic E-state index is 0.160. The molecule has 37 heavy (non-hydrogen) atoms. The second-order valence-electron chi connectivity index (χ2n) is 10.2. The van der Waals surface area contributed by atoms with Gasteiger partial charge in [-0.15, -0.1) is 0 Å². The normalized spacial score (nSPS) is 14.2. The number of nitrogens with zero attached hydrogens (tertiary/aromatic N) is 2. The van der Waals surface area contributed by atoms with Crippen LogP contribution in [0.1, 0.15) is 49.5 Å². The topological polar surface area (TPSA) is 104 Å². The average Bonchev–Trinajstić information content (AvgIpc) is 2.86. The van der Waals surface area contributed by atoms with Crippen molar-refractivity contribution < 1.29 is 23.8 Å². The summed E-state index contributed by atoms with van der Waals surface area (Å²) in [6.07, 6.45) is 3.88. The molecule has 0 atom stereocenters. The number of carbonyl (C=O) groups excluding carboxylic acids is 2. The summed E-state index contributed by atoms with van der Waals surface area (Å²) in [6.45, 7) is 6.87. The maximum atomic E-state index is 12.3. The lowest BCUT2D eigenvalue weighted by atomic mass is 9.90. The van der Waals surface area contributed by atoms with Crippen molar-refractivity contribution in [1.29, 1.82) is 0 Å². The Morgan fingerprint density at radius 3 is 2.14 bits per heavy atom. The molecule has 0 spiro atoms. The summed E-state index contributed by atoms with van der Waals surface area (Å²) in [5, 5.41) is 0. The highest BCUT2D eigenvalue weighted by Crippen LogP contribution is 2.29. The molecule has 8 heteroatoms. The van der Waals surface area contributed by atoms with E-state index < -0.39 is 11.5 Å². The minimum Gasteiger partial charge on any atom is -0.457 e. The first-order valence-electron chi connectivity index (χ1n) is 12.4. The molecular formula is C29H33N3O5. The van der Waals surface area contributed by atoms with Crippen molar-refractivity contribution in [3.05, 3.63) is 78.0 Å². The van der Waals surface area contributed by atoms with Crippen molar-refractivity contribution in [3.8, 4) is 23.1 Å². The number of para-hydroxylation sites is 1. The Hall–Kier alpha value is -4.07. The van der Waals surface area contributed by atoms with Crippen LogP contribution in [0.25, 0.3) is 0 Å². The lowest BCUT2D eigenvalue weighted by Gasteiger charge is -2.33. The van der Waals surface area contributed by atoms with Gasteiger partial charge in [-0.05, 0) is 94.0 Å². The van der Waals surface area contributed by atoms with E-state index in [2.05, 4.69) is 4.98 Å².